The molecule has 1 aromatic heterocycles. The van der Waals surface area contributed by atoms with Crippen LogP contribution < -0.4 is 10.6 Å². The first-order valence-electron chi connectivity index (χ1n) is 10.7. The van der Waals surface area contributed by atoms with E-state index in [0.29, 0.717) is 28.1 Å². The number of hydrogen-bond acceptors (Lipinski definition) is 5. The molecule has 11 heteroatoms. The molecule has 184 valence electrons. The lowest BCUT2D eigenvalue weighted by Gasteiger charge is -2.23. The van der Waals surface area contributed by atoms with Gasteiger partial charge in [-0.15, -0.1) is 16.8 Å². The van der Waals surface area contributed by atoms with E-state index in [1.54, 1.807) is 18.2 Å². The van der Waals surface area contributed by atoms with E-state index in [-0.39, 0.29) is 28.5 Å². The van der Waals surface area contributed by atoms with Gasteiger partial charge in [-0.3, -0.25) is 9.59 Å². The molecule has 2 aromatic carbocycles. The number of aromatic nitrogens is 3. The van der Waals surface area contributed by atoms with E-state index < -0.39 is 6.04 Å². The fourth-order valence-corrected chi connectivity index (χ4v) is 4.83. The van der Waals surface area contributed by atoms with Crippen LogP contribution in [0.1, 0.15) is 36.1 Å². The fourth-order valence-electron chi connectivity index (χ4n) is 3.22. The van der Waals surface area contributed by atoms with Gasteiger partial charge in [-0.2, -0.15) is 0 Å². The summed E-state index contributed by atoms with van der Waals surface area (Å²) >= 11 is 15.7. The Balaban J connectivity index is 1.76. The minimum atomic E-state index is -0.448. The fraction of sp³-hybridized carbons (Fsp3) is 0.250. The second-order valence-electron chi connectivity index (χ2n) is 7.90. The zero-order valence-electron chi connectivity index (χ0n) is 19.1. The number of allylic oxidation sites excluding steroid dienone is 1. The summed E-state index contributed by atoms with van der Waals surface area (Å²) in [6, 6.07) is 11.8. The Bertz CT molecular complexity index is 1220. The highest BCUT2D eigenvalue weighted by molar-refractivity contribution is 14.1. The average Bonchev–Trinajstić information content (AvgIpc) is 3.19. The molecule has 2 N–H and O–H groups in total. The quantitative estimate of drug-likeness (QED) is 0.155. The van der Waals surface area contributed by atoms with E-state index in [0.717, 1.165) is 9.26 Å². The van der Waals surface area contributed by atoms with Crippen molar-refractivity contribution in [1.29, 1.82) is 0 Å². The van der Waals surface area contributed by atoms with E-state index in [1.165, 1.54) is 17.8 Å². The molecular weight excluding hydrogens is 620 g/mol. The van der Waals surface area contributed by atoms with E-state index >= 15 is 0 Å². The van der Waals surface area contributed by atoms with Crippen LogP contribution in [0.5, 0.6) is 0 Å². The number of halogens is 3. The molecule has 3 aromatic rings. The number of benzene rings is 2. The smallest absolute Gasteiger partial charge is 0.253 e. The SMILES string of the molecule is C=CCn1c(SCC(=O)Nc2ccc(I)cc2)nnc1[C@H](NC(=O)c1ccc(Cl)cc1Cl)C(C)C. The molecule has 0 saturated heterocycles. The maximum atomic E-state index is 13.0. The molecule has 0 fully saturated rings. The highest BCUT2D eigenvalue weighted by Crippen LogP contribution is 2.27. The van der Waals surface area contributed by atoms with E-state index in [2.05, 4.69) is 50.0 Å². The van der Waals surface area contributed by atoms with Crippen molar-refractivity contribution in [2.75, 3.05) is 11.1 Å². The number of carbonyl (C=O) groups excluding carboxylic acids is 2. The standard InChI is InChI=1S/C24H24Cl2IN5O2S/c1-4-11-32-22(21(14(2)3)29-23(34)18-10-5-15(25)12-19(18)26)30-31-24(32)35-13-20(33)28-17-8-6-16(27)7-9-17/h4-10,12,14,21H,1,11,13H2,2-3H3,(H,28,33)(H,29,34)/t21-/m1/s1. The van der Waals surface area contributed by atoms with Crippen molar-refractivity contribution < 1.29 is 9.59 Å². The Labute approximate surface area is 232 Å². The molecule has 3 rings (SSSR count). The molecule has 0 aliphatic rings. The van der Waals surface area contributed by atoms with Gasteiger partial charge in [0, 0.05) is 20.8 Å². The van der Waals surface area contributed by atoms with Crippen LogP contribution >= 0.6 is 57.6 Å². The largest absolute Gasteiger partial charge is 0.342 e. The van der Waals surface area contributed by atoms with Gasteiger partial charge in [0.25, 0.3) is 5.91 Å². The van der Waals surface area contributed by atoms with Crippen molar-refractivity contribution in [3.05, 3.63) is 80.1 Å². The topological polar surface area (TPSA) is 88.9 Å². The molecule has 0 bridgehead atoms. The van der Waals surface area contributed by atoms with Gasteiger partial charge in [-0.05, 0) is 71.0 Å². The monoisotopic (exact) mass is 643 g/mol. The van der Waals surface area contributed by atoms with Gasteiger partial charge >= 0.3 is 0 Å². The summed E-state index contributed by atoms with van der Waals surface area (Å²) in [6.07, 6.45) is 1.72. The number of amides is 2. The summed E-state index contributed by atoms with van der Waals surface area (Å²) in [5, 5.41) is 15.8. The van der Waals surface area contributed by atoms with Gasteiger partial charge in [0.2, 0.25) is 5.91 Å². The number of hydrogen-bond donors (Lipinski definition) is 2. The summed E-state index contributed by atoms with van der Waals surface area (Å²) in [4.78, 5) is 25.4. The molecular formula is C24H24Cl2IN5O2S. The number of nitrogens with zero attached hydrogens (tertiary/aromatic N) is 3. The Kier molecular flexibility index (Phi) is 10.0. The van der Waals surface area contributed by atoms with Gasteiger partial charge in [-0.1, -0.05) is 54.9 Å². The summed E-state index contributed by atoms with van der Waals surface area (Å²) < 4.78 is 2.94. The van der Waals surface area contributed by atoms with Crippen LogP contribution in [0.25, 0.3) is 0 Å². The number of carbonyl (C=O) groups is 2. The lowest BCUT2D eigenvalue weighted by molar-refractivity contribution is -0.113. The molecule has 1 heterocycles. The maximum absolute atomic E-state index is 13.0. The van der Waals surface area contributed by atoms with E-state index in [4.69, 9.17) is 23.2 Å². The van der Waals surface area contributed by atoms with Gasteiger partial charge in [0.05, 0.1) is 22.4 Å². The first-order chi connectivity index (χ1) is 16.7. The van der Waals surface area contributed by atoms with Crippen molar-refractivity contribution >= 4 is 75.1 Å². The van der Waals surface area contributed by atoms with E-state index in [9.17, 15) is 9.59 Å². The number of rotatable bonds is 10. The second kappa shape index (κ2) is 12.8. The molecule has 0 radical (unpaired) electrons. The molecule has 1 atom stereocenters. The van der Waals surface area contributed by atoms with Crippen LogP contribution in [-0.2, 0) is 11.3 Å². The molecule has 0 saturated carbocycles. The molecule has 0 unspecified atom stereocenters. The van der Waals surface area contributed by atoms with Crippen molar-refractivity contribution in [3.8, 4) is 0 Å². The van der Waals surface area contributed by atoms with Gasteiger partial charge in [0.1, 0.15) is 0 Å². The first-order valence-corrected chi connectivity index (χ1v) is 13.5. The normalized spacial score (nSPS) is 11.8. The van der Waals surface area contributed by atoms with Crippen LogP contribution in [0.15, 0.2) is 60.3 Å². The van der Waals surface area contributed by atoms with Crippen molar-refractivity contribution in [2.24, 2.45) is 5.92 Å². The van der Waals surface area contributed by atoms with Crippen LogP contribution in [-0.4, -0.2) is 32.3 Å². The van der Waals surface area contributed by atoms with Crippen molar-refractivity contribution in [3.63, 3.8) is 0 Å². The van der Waals surface area contributed by atoms with Crippen molar-refractivity contribution in [1.82, 2.24) is 20.1 Å². The zero-order chi connectivity index (χ0) is 25.5. The third-order valence-corrected chi connectivity index (χ3v) is 7.16. The third-order valence-electron chi connectivity index (χ3n) is 4.92. The Morgan fingerprint density at radius 2 is 1.89 bits per heavy atom. The lowest BCUT2D eigenvalue weighted by atomic mass is 10.0. The molecule has 0 aliphatic carbocycles. The minimum Gasteiger partial charge on any atom is -0.342 e. The summed E-state index contributed by atoms with van der Waals surface area (Å²) in [5.74, 6) is 0.223. The Morgan fingerprint density at radius 3 is 2.51 bits per heavy atom. The third kappa shape index (κ3) is 7.45. The first kappa shape index (κ1) is 27.5. The zero-order valence-corrected chi connectivity index (χ0v) is 23.6. The van der Waals surface area contributed by atoms with Gasteiger partial charge in [0.15, 0.2) is 11.0 Å². The Morgan fingerprint density at radius 1 is 1.17 bits per heavy atom. The van der Waals surface area contributed by atoms with Gasteiger partial charge in [-0.25, -0.2) is 0 Å². The number of nitrogens with one attached hydrogen (secondary N) is 2. The van der Waals surface area contributed by atoms with Crippen LogP contribution in [0, 0.1) is 9.49 Å². The summed E-state index contributed by atoms with van der Waals surface area (Å²) in [7, 11) is 0. The van der Waals surface area contributed by atoms with Crippen LogP contribution in [0.2, 0.25) is 10.0 Å². The lowest BCUT2D eigenvalue weighted by Crippen LogP contribution is -2.34. The van der Waals surface area contributed by atoms with E-state index in [1.807, 2.05) is 42.7 Å². The predicted octanol–water partition coefficient (Wildman–Crippen LogP) is 6.23. The predicted molar refractivity (Wildman–Crippen MR) is 150 cm³/mol. The average molecular weight is 644 g/mol. The molecule has 7 nitrogen and oxygen atoms in total. The summed E-state index contributed by atoms with van der Waals surface area (Å²) in [6.45, 7) is 8.20. The molecule has 35 heavy (non-hydrogen) atoms. The highest BCUT2D eigenvalue weighted by atomic mass is 127. The molecule has 2 amide bonds. The second-order valence-corrected chi connectivity index (χ2v) is 10.9. The minimum absolute atomic E-state index is 0.000171. The van der Waals surface area contributed by atoms with Crippen molar-refractivity contribution in [2.45, 2.75) is 31.6 Å². The summed E-state index contributed by atoms with van der Waals surface area (Å²) in [5.41, 5.74) is 1.05. The number of anilines is 1. The molecule has 0 spiro atoms. The van der Waals surface area contributed by atoms with Crippen LogP contribution in [0.3, 0.4) is 0 Å². The van der Waals surface area contributed by atoms with Crippen LogP contribution in [0.4, 0.5) is 5.69 Å². The highest BCUT2D eigenvalue weighted by Gasteiger charge is 2.27. The Hall–Kier alpha value is -2.08. The van der Waals surface area contributed by atoms with Gasteiger partial charge < -0.3 is 15.2 Å². The number of thioether (sulfide) groups is 1. The maximum Gasteiger partial charge on any atom is 0.253 e. The molecule has 0 aliphatic heterocycles.